The number of thiophene rings is 1. The van der Waals surface area contributed by atoms with Gasteiger partial charge in [-0.15, -0.1) is 11.3 Å². The number of amides is 1. The minimum Gasteiger partial charge on any atom is -0.507 e. The lowest BCUT2D eigenvalue weighted by Gasteiger charge is -2.33. The van der Waals surface area contributed by atoms with Crippen molar-refractivity contribution in [2.45, 2.75) is 19.4 Å². The molecule has 20 heavy (non-hydrogen) atoms. The number of halogens is 1. The van der Waals surface area contributed by atoms with Gasteiger partial charge in [0.2, 0.25) is 0 Å². The Hall–Kier alpha value is -1.08. The summed E-state index contributed by atoms with van der Waals surface area (Å²) in [7, 11) is 0. The molecule has 1 aromatic heterocycles. The van der Waals surface area contributed by atoms with Gasteiger partial charge in [-0.05, 0) is 71.1 Å². The van der Waals surface area contributed by atoms with E-state index >= 15 is 0 Å². The molecule has 0 saturated heterocycles. The summed E-state index contributed by atoms with van der Waals surface area (Å²) in [4.78, 5) is 15.9. The van der Waals surface area contributed by atoms with E-state index in [-0.39, 0.29) is 17.7 Å². The fourth-order valence-corrected chi connectivity index (χ4v) is 4.08. The number of benzene rings is 1. The molecular formula is C15H14INO2S. The van der Waals surface area contributed by atoms with Gasteiger partial charge >= 0.3 is 0 Å². The number of aromatic hydroxyl groups is 1. The van der Waals surface area contributed by atoms with Crippen LogP contribution in [0.2, 0.25) is 0 Å². The molecule has 2 aromatic rings. The predicted octanol–water partition coefficient (Wildman–Crippen LogP) is 3.82. The van der Waals surface area contributed by atoms with E-state index in [2.05, 4.69) is 34.0 Å². The summed E-state index contributed by atoms with van der Waals surface area (Å²) >= 11 is 3.91. The van der Waals surface area contributed by atoms with Crippen LogP contribution in [-0.2, 0) is 6.42 Å². The molecule has 1 aromatic carbocycles. The van der Waals surface area contributed by atoms with E-state index in [9.17, 15) is 9.90 Å². The van der Waals surface area contributed by atoms with Crippen molar-refractivity contribution >= 4 is 39.8 Å². The number of rotatable bonds is 1. The maximum atomic E-state index is 12.7. The van der Waals surface area contributed by atoms with Gasteiger partial charge in [0, 0.05) is 15.0 Å². The Morgan fingerprint density at radius 2 is 2.25 bits per heavy atom. The van der Waals surface area contributed by atoms with E-state index in [1.807, 2.05) is 11.8 Å². The first-order valence-electron chi connectivity index (χ1n) is 6.43. The lowest BCUT2D eigenvalue weighted by Crippen LogP contribution is -2.38. The molecule has 1 aliphatic rings. The Kier molecular flexibility index (Phi) is 3.72. The first kappa shape index (κ1) is 13.9. The van der Waals surface area contributed by atoms with Crippen LogP contribution in [0.25, 0.3) is 0 Å². The molecule has 0 aliphatic carbocycles. The molecule has 2 heterocycles. The molecule has 5 heteroatoms. The van der Waals surface area contributed by atoms with Gasteiger partial charge in [-0.25, -0.2) is 0 Å². The van der Waals surface area contributed by atoms with Crippen molar-refractivity contribution in [3.05, 3.63) is 49.2 Å². The van der Waals surface area contributed by atoms with Gasteiger partial charge < -0.3 is 10.0 Å². The van der Waals surface area contributed by atoms with E-state index in [0.29, 0.717) is 12.1 Å². The summed E-state index contributed by atoms with van der Waals surface area (Å²) in [6, 6.07) is 7.28. The third kappa shape index (κ3) is 2.33. The van der Waals surface area contributed by atoms with Gasteiger partial charge in [0.05, 0.1) is 11.6 Å². The van der Waals surface area contributed by atoms with Crippen LogP contribution in [0, 0.1) is 3.57 Å². The number of hydrogen-bond donors (Lipinski definition) is 1. The van der Waals surface area contributed by atoms with Crippen LogP contribution in [0.4, 0.5) is 0 Å². The maximum absolute atomic E-state index is 12.7. The summed E-state index contributed by atoms with van der Waals surface area (Å²) in [6.45, 7) is 2.76. The summed E-state index contributed by atoms with van der Waals surface area (Å²) in [6.07, 6.45) is 0.897. The average Bonchev–Trinajstić information content (AvgIpc) is 2.90. The normalized spacial score (nSPS) is 17.9. The fraction of sp³-hybridized carbons (Fsp3) is 0.267. The van der Waals surface area contributed by atoms with Crippen molar-refractivity contribution in [1.82, 2.24) is 4.90 Å². The van der Waals surface area contributed by atoms with Gasteiger partial charge in [0.1, 0.15) is 5.75 Å². The van der Waals surface area contributed by atoms with Gasteiger partial charge in [-0.2, -0.15) is 0 Å². The largest absolute Gasteiger partial charge is 0.507 e. The number of carbonyl (C=O) groups excluding carboxylic acids is 1. The second-order valence-corrected chi connectivity index (χ2v) is 7.13. The third-order valence-corrected chi connectivity index (χ3v) is 5.39. The quantitative estimate of drug-likeness (QED) is 0.741. The Bertz CT molecular complexity index is 668. The highest BCUT2D eigenvalue weighted by Gasteiger charge is 2.30. The Morgan fingerprint density at radius 3 is 3.05 bits per heavy atom. The lowest BCUT2D eigenvalue weighted by atomic mass is 10.00. The number of phenolic OH excluding ortho intramolecular Hbond substituents is 1. The molecule has 0 saturated carbocycles. The molecule has 1 unspecified atom stereocenters. The summed E-state index contributed by atoms with van der Waals surface area (Å²) < 4.78 is 0.949. The van der Waals surface area contributed by atoms with Crippen LogP contribution in [-0.4, -0.2) is 22.5 Å². The zero-order valence-corrected chi connectivity index (χ0v) is 13.9. The maximum Gasteiger partial charge on any atom is 0.258 e. The van der Waals surface area contributed by atoms with Crippen molar-refractivity contribution in [2.75, 3.05) is 6.54 Å². The van der Waals surface area contributed by atoms with Crippen LogP contribution in [0.15, 0.2) is 29.6 Å². The van der Waals surface area contributed by atoms with E-state index in [1.54, 1.807) is 29.5 Å². The molecular weight excluding hydrogens is 385 g/mol. The van der Waals surface area contributed by atoms with Crippen LogP contribution in [0.5, 0.6) is 5.75 Å². The molecule has 1 N–H and O–H groups in total. The second kappa shape index (κ2) is 5.37. The van der Waals surface area contributed by atoms with Gasteiger partial charge in [-0.3, -0.25) is 4.79 Å². The molecule has 0 radical (unpaired) electrons. The number of carbonyl (C=O) groups is 1. The molecule has 1 atom stereocenters. The summed E-state index contributed by atoms with van der Waals surface area (Å²) in [5.74, 6) is -0.0379. The first-order chi connectivity index (χ1) is 9.58. The predicted molar refractivity (Wildman–Crippen MR) is 88.3 cm³/mol. The number of hydrogen-bond acceptors (Lipinski definition) is 3. The SMILES string of the molecule is CC1c2ccsc2CCN1C(=O)c1cc(I)ccc1O. The molecule has 3 rings (SSSR count). The van der Waals surface area contributed by atoms with Crippen molar-refractivity contribution < 1.29 is 9.90 Å². The second-order valence-electron chi connectivity index (χ2n) is 4.89. The molecule has 104 valence electrons. The average molecular weight is 399 g/mol. The van der Waals surface area contributed by atoms with E-state index in [4.69, 9.17) is 0 Å². The standard InChI is InChI=1S/C15H14INO2S/c1-9-11-5-7-20-14(11)4-6-17(9)15(19)12-8-10(16)2-3-13(12)18/h2-3,5,7-9,18H,4,6H2,1H3. The third-order valence-electron chi connectivity index (χ3n) is 3.73. The molecule has 3 nitrogen and oxygen atoms in total. The highest BCUT2D eigenvalue weighted by atomic mass is 127. The van der Waals surface area contributed by atoms with Crippen molar-refractivity contribution in [2.24, 2.45) is 0 Å². The molecule has 0 spiro atoms. The number of phenols is 1. The Balaban J connectivity index is 1.94. The van der Waals surface area contributed by atoms with Crippen molar-refractivity contribution in [3.8, 4) is 5.75 Å². The van der Waals surface area contributed by atoms with E-state index < -0.39 is 0 Å². The van der Waals surface area contributed by atoms with Crippen LogP contribution >= 0.6 is 33.9 Å². The monoisotopic (exact) mass is 399 g/mol. The van der Waals surface area contributed by atoms with E-state index in [1.165, 1.54) is 10.4 Å². The molecule has 0 bridgehead atoms. The minimum absolute atomic E-state index is 0.0544. The number of fused-ring (bicyclic) bond motifs is 1. The highest BCUT2D eigenvalue weighted by molar-refractivity contribution is 14.1. The topological polar surface area (TPSA) is 40.5 Å². The first-order valence-corrected chi connectivity index (χ1v) is 8.39. The molecule has 1 amide bonds. The molecule has 0 fully saturated rings. The Labute approximate surface area is 135 Å². The van der Waals surface area contributed by atoms with Gasteiger partial charge in [0.25, 0.3) is 5.91 Å². The van der Waals surface area contributed by atoms with Crippen LogP contribution < -0.4 is 0 Å². The zero-order chi connectivity index (χ0) is 14.3. The Morgan fingerprint density at radius 1 is 1.45 bits per heavy atom. The van der Waals surface area contributed by atoms with Gasteiger partial charge in [-0.1, -0.05) is 0 Å². The van der Waals surface area contributed by atoms with Crippen LogP contribution in [0.1, 0.15) is 33.8 Å². The zero-order valence-electron chi connectivity index (χ0n) is 11.0. The van der Waals surface area contributed by atoms with E-state index in [0.717, 1.165) is 9.99 Å². The summed E-state index contributed by atoms with van der Waals surface area (Å²) in [5, 5.41) is 12.0. The lowest BCUT2D eigenvalue weighted by molar-refractivity contribution is 0.0676. The summed E-state index contributed by atoms with van der Waals surface area (Å²) in [5.41, 5.74) is 1.63. The number of nitrogens with zero attached hydrogens (tertiary/aromatic N) is 1. The van der Waals surface area contributed by atoms with Crippen molar-refractivity contribution in [3.63, 3.8) is 0 Å². The molecule has 1 aliphatic heterocycles. The van der Waals surface area contributed by atoms with Gasteiger partial charge in [0.15, 0.2) is 0 Å². The fourth-order valence-electron chi connectivity index (χ4n) is 2.62. The smallest absolute Gasteiger partial charge is 0.258 e. The minimum atomic E-state index is -0.0923. The van der Waals surface area contributed by atoms with Crippen LogP contribution in [0.3, 0.4) is 0 Å². The van der Waals surface area contributed by atoms with Crippen molar-refractivity contribution in [1.29, 1.82) is 0 Å². The highest BCUT2D eigenvalue weighted by Crippen LogP contribution is 2.34.